The van der Waals surface area contributed by atoms with Crippen LogP contribution in [0.1, 0.15) is 41.4 Å². The summed E-state index contributed by atoms with van der Waals surface area (Å²) < 4.78 is 0.847. The molecule has 3 aromatic rings. The highest BCUT2D eigenvalue weighted by Gasteiger charge is 2.22. The number of halogens is 1. The van der Waals surface area contributed by atoms with Gasteiger partial charge in [0.2, 0.25) is 5.91 Å². The number of H-pyrrole nitrogens is 1. The number of rotatable bonds is 5. The monoisotopic (exact) mass is 474 g/mol. The van der Waals surface area contributed by atoms with Gasteiger partial charge in [-0.2, -0.15) is 0 Å². The minimum Gasteiger partial charge on any atom is -0.343 e. The number of hydrogen-bond acceptors (Lipinski definition) is 3. The number of nitrogens with one attached hydrogen (secondary N) is 3. The van der Waals surface area contributed by atoms with E-state index in [2.05, 4.69) is 43.2 Å². The Labute approximate surface area is 170 Å². The zero-order valence-corrected chi connectivity index (χ0v) is 16.7. The third kappa shape index (κ3) is 3.97. The largest absolute Gasteiger partial charge is 0.343 e. The molecule has 3 N–H and O–H groups in total. The van der Waals surface area contributed by atoms with Crippen LogP contribution in [-0.4, -0.2) is 28.3 Å². The molecule has 0 unspecified atom stereocenters. The van der Waals surface area contributed by atoms with E-state index in [1.54, 1.807) is 12.1 Å². The van der Waals surface area contributed by atoms with Gasteiger partial charge in [-0.3, -0.25) is 9.59 Å². The number of carbonyl (C=O) groups is 2. The van der Waals surface area contributed by atoms with E-state index in [9.17, 15) is 9.59 Å². The summed E-state index contributed by atoms with van der Waals surface area (Å²) in [5.74, 6) is 1.03. The molecule has 2 aromatic carbocycles. The van der Waals surface area contributed by atoms with Crippen molar-refractivity contribution in [3.63, 3.8) is 0 Å². The van der Waals surface area contributed by atoms with Crippen LogP contribution in [0.4, 0.5) is 5.69 Å². The average Bonchev–Trinajstić information content (AvgIpc) is 3.01. The molecule has 6 nitrogen and oxygen atoms in total. The summed E-state index contributed by atoms with van der Waals surface area (Å²) in [6.45, 7) is -0.0852. The number of benzene rings is 2. The van der Waals surface area contributed by atoms with Crippen LogP contribution in [0.5, 0.6) is 0 Å². The fourth-order valence-electron chi connectivity index (χ4n) is 3.09. The zero-order chi connectivity index (χ0) is 18.8. The van der Waals surface area contributed by atoms with E-state index in [4.69, 9.17) is 0 Å². The minimum absolute atomic E-state index is 0.0852. The lowest BCUT2D eigenvalue weighted by atomic mass is 9.85. The predicted octanol–water partition coefficient (Wildman–Crippen LogP) is 3.80. The molecule has 0 radical (unpaired) electrons. The molecule has 0 atom stereocenters. The number of anilines is 1. The Bertz CT molecular complexity index is 1010. The number of imidazole rings is 1. The number of amides is 2. The summed E-state index contributed by atoms with van der Waals surface area (Å²) >= 11 is 2.10. The fraction of sp³-hybridized carbons (Fsp3) is 0.250. The second-order valence-corrected chi connectivity index (χ2v) is 7.85. The molecule has 27 heavy (non-hydrogen) atoms. The minimum atomic E-state index is -0.271. The van der Waals surface area contributed by atoms with Gasteiger partial charge in [0.25, 0.3) is 5.91 Å². The number of hydrogen-bond donors (Lipinski definition) is 3. The van der Waals surface area contributed by atoms with Crippen LogP contribution >= 0.6 is 22.6 Å². The van der Waals surface area contributed by atoms with Gasteiger partial charge in [0, 0.05) is 15.2 Å². The Kier molecular flexibility index (Phi) is 5.11. The second-order valence-electron chi connectivity index (χ2n) is 6.69. The molecule has 1 aromatic heterocycles. The van der Waals surface area contributed by atoms with E-state index in [1.165, 1.54) is 19.3 Å². The smallest absolute Gasteiger partial charge is 0.252 e. The summed E-state index contributed by atoms with van der Waals surface area (Å²) in [5, 5.41) is 5.47. The van der Waals surface area contributed by atoms with E-state index in [0.29, 0.717) is 17.2 Å². The van der Waals surface area contributed by atoms with Gasteiger partial charge >= 0.3 is 0 Å². The number of fused-ring (bicyclic) bond motifs is 1. The van der Waals surface area contributed by atoms with Gasteiger partial charge in [0.1, 0.15) is 5.82 Å². The molecule has 2 amide bonds. The molecule has 1 aliphatic carbocycles. The number of aromatic nitrogens is 2. The van der Waals surface area contributed by atoms with Crippen molar-refractivity contribution in [1.29, 1.82) is 0 Å². The lowest BCUT2D eigenvalue weighted by Crippen LogP contribution is -2.33. The van der Waals surface area contributed by atoms with Crippen molar-refractivity contribution < 1.29 is 9.59 Å². The molecule has 0 spiro atoms. The van der Waals surface area contributed by atoms with Crippen molar-refractivity contribution in [3.05, 3.63) is 57.4 Å². The standard InChI is InChI=1S/C20H19IN4O2/c21-15-7-2-1-6-14(15)20(27)22-11-18(26)23-13-8-9-16-17(10-13)25-19(24-16)12-4-3-5-12/h1-2,6-10,12H,3-5,11H2,(H,22,27)(H,23,26)(H,24,25). The molecular weight excluding hydrogens is 455 g/mol. The Morgan fingerprint density at radius 3 is 2.74 bits per heavy atom. The predicted molar refractivity (Wildman–Crippen MR) is 113 cm³/mol. The summed E-state index contributed by atoms with van der Waals surface area (Å²) in [7, 11) is 0. The summed E-state index contributed by atoms with van der Waals surface area (Å²) in [4.78, 5) is 32.4. The van der Waals surface area contributed by atoms with Crippen LogP contribution < -0.4 is 10.6 Å². The van der Waals surface area contributed by atoms with Crippen molar-refractivity contribution in [2.24, 2.45) is 0 Å². The fourth-order valence-corrected chi connectivity index (χ4v) is 3.72. The van der Waals surface area contributed by atoms with Gasteiger partial charge in [-0.05, 0) is 65.8 Å². The van der Waals surface area contributed by atoms with Gasteiger partial charge in [-0.1, -0.05) is 18.6 Å². The topological polar surface area (TPSA) is 86.9 Å². The molecule has 1 aliphatic rings. The first-order valence-corrected chi connectivity index (χ1v) is 10.0. The van der Waals surface area contributed by atoms with Gasteiger partial charge in [0.05, 0.1) is 23.1 Å². The van der Waals surface area contributed by atoms with E-state index in [-0.39, 0.29) is 18.4 Å². The number of aromatic amines is 1. The van der Waals surface area contributed by atoms with Gasteiger partial charge in [-0.25, -0.2) is 4.98 Å². The van der Waals surface area contributed by atoms with Gasteiger partial charge in [0.15, 0.2) is 0 Å². The second kappa shape index (κ2) is 7.67. The van der Waals surface area contributed by atoms with Crippen molar-refractivity contribution >= 4 is 51.1 Å². The molecule has 1 fully saturated rings. The molecular formula is C20H19IN4O2. The zero-order valence-electron chi connectivity index (χ0n) is 14.6. The number of carbonyl (C=O) groups excluding carboxylic acids is 2. The maximum atomic E-state index is 12.2. The highest BCUT2D eigenvalue weighted by molar-refractivity contribution is 14.1. The molecule has 1 saturated carbocycles. The third-order valence-corrected chi connectivity index (χ3v) is 5.74. The van der Waals surface area contributed by atoms with Crippen molar-refractivity contribution in [2.45, 2.75) is 25.2 Å². The van der Waals surface area contributed by atoms with Crippen LogP contribution in [0.2, 0.25) is 0 Å². The van der Waals surface area contributed by atoms with Gasteiger partial charge in [-0.15, -0.1) is 0 Å². The van der Waals surface area contributed by atoms with E-state index in [1.807, 2.05) is 30.3 Å². The Morgan fingerprint density at radius 2 is 2.00 bits per heavy atom. The Balaban J connectivity index is 1.37. The first-order chi connectivity index (χ1) is 13.1. The van der Waals surface area contributed by atoms with Crippen LogP contribution in [0, 0.1) is 3.57 Å². The lowest BCUT2D eigenvalue weighted by Gasteiger charge is -2.22. The summed E-state index contributed by atoms with van der Waals surface area (Å²) in [6.07, 6.45) is 3.63. The van der Waals surface area contributed by atoms with Gasteiger partial charge < -0.3 is 15.6 Å². The van der Waals surface area contributed by atoms with Crippen LogP contribution in [0.25, 0.3) is 11.0 Å². The normalized spacial score (nSPS) is 14.0. The maximum Gasteiger partial charge on any atom is 0.252 e. The van der Waals surface area contributed by atoms with Crippen molar-refractivity contribution in [3.8, 4) is 0 Å². The molecule has 7 heteroatoms. The molecule has 4 rings (SSSR count). The highest BCUT2D eigenvalue weighted by atomic mass is 127. The molecule has 1 heterocycles. The van der Waals surface area contributed by atoms with Crippen molar-refractivity contribution in [2.75, 3.05) is 11.9 Å². The molecule has 0 aliphatic heterocycles. The molecule has 138 valence electrons. The van der Waals surface area contributed by atoms with Crippen molar-refractivity contribution in [1.82, 2.24) is 15.3 Å². The first-order valence-electron chi connectivity index (χ1n) is 8.92. The third-order valence-electron chi connectivity index (χ3n) is 4.80. The average molecular weight is 474 g/mol. The highest BCUT2D eigenvalue weighted by Crippen LogP contribution is 2.35. The van der Waals surface area contributed by atoms with E-state index >= 15 is 0 Å². The Morgan fingerprint density at radius 1 is 1.19 bits per heavy atom. The van der Waals surface area contributed by atoms with Crippen LogP contribution in [0.3, 0.4) is 0 Å². The quantitative estimate of drug-likeness (QED) is 0.492. The number of nitrogens with zero attached hydrogens (tertiary/aromatic N) is 1. The van der Waals surface area contributed by atoms with E-state index in [0.717, 1.165) is 20.4 Å². The maximum absolute atomic E-state index is 12.2. The summed E-state index contributed by atoms with van der Waals surface area (Å²) in [5.41, 5.74) is 3.06. The van der Waals surface area contributed by atoms with E-state index < -0.39 is 0 Å². The molecule has 0 saturated heterocycles. The summed E-state index contributed by atoms with van der Waals surface area (Å²) in [6, 6.07) is 12.9. The Hall–Kier alpha value is -2.42. The molecule has 0 bridgehead atoms. The SMILES string of the molecule is O=C(CNC(=O)c1ccccc1I)Nc1ccc2nc(C3CCC3)[nH]c2c1. The lowest BCUT2D eigenvalue weighted by molar-refractivity contribution is -0.115. The van der Waals surface area contributed by atoms with Crippen LogP contribution in [-0.2, 0) is 4.79 Å². The first kappa shape index (κ1) is 18.0. The van der Waals surface area contributed by atoms with Crippen LogP contribution in [0.15, 0.2) is 42.5 Å².